The maximum Gasteiger partial charge on any atom is 0.321 e. The second-order valence-corrected chi connectivity index (χ2v) is 5.83. The van der Waals surface area contributed by atoms with Gasteiger partial charge < -0.3 is 11.1 Å². The number of nitrogens with two attached hydrogens (primary N) is 1. The van der Waals surface area contributed by atoms with Crippen molar-refractivity contribution in [1.82, 2.24) is 19.7 Å². The number of nitrogens with one attached hydrogen (secondary N) is 2. The maximum atomic E-state index is 11.8. The molecule has 1 fully saturated rings. The Bertz CT molecular complexity index is 646. The van der Waals surface area contributed by atoms with Gasteiger partial charge >= 0.3 is 6.03 Å². The summed E-state index contributed by atoms with van der Waals surface area (Å²) in [4.78, 5) is 20.2. The van der Waals surface area contributed by atoms with Crippen LogP contribution in [0.25, 0.3) is 0 Å². The lowest BCUT2D eigenvalue weighted by Gasteiger charge is -2.06. The van der Waals surface area contributed by atoms with Crippen molar-refractivity contribution < 1.29 is 4.79 Å². The average molecular weight is 304 g/mol. The van der Waals surface area contributed by atoms with Gasteiger partial charge in [-0.2, -0.15) is 4.37 Å². The number of nitrogens with zero attached hydrogens (tertiary/aromatic N) is 3. The van der Waals surface area contributed by atoms with Crippen molar-refractivity contribution in [2.75, 3.05) is 11.1 Å². The van der Waals surface area contributed by atoms with Gasteiger partial charge in [0.15, 0.2) is 0 Å². The Morgan fingerprint density at radius 3 is 2.95 bits per heavy atom. The first-order chi connectivity index (χ1) is 10.1. The number of urea groups is 1. The van der Waals surface area contributed by atoms with Crippen LogP contribution in [0.2, 0.25) is 0 Å². The lowest BCUT2D eigenvalue weighted by atomic mass is 10.2. The smallest absolute Gasteiger partial charge is 0.321 e. The van der Waals surface area contributed by atoms with Gasteiger partial charge in [0.05, 0.1) is 0 Å². The molecule has 0 atom stereocenters. The summed E-state index contributed by atoms with van der Waals surface area (Å²) in [6, 6.07) is 3.32. The molecule has 3 rings (SSSR count). The van der Waals surface area contributed by atoms with E-state index in [1.165, 1.54) is 11.5 Å². The molecule has 0 unspecified atom stereocenters. The van der Waals surface area contributed by atoms with Gasteiger partial charge in [-0.25, -0.2) is 14.8 Å². The molecule has 2 aromatic rings. The fourth-order valence-electron chi connectivity index (χ4n) is 1.99. The summed E-state index contributed by atoms with van der Waals surface area (Å²) in [5, 5.41) is 5.98. The van der Waals surface area contributed by atoms with Gasteiger partial charge in [-0.3, -0.25) is 5.32 Å². The largest absolute Gasteiger partial charge is 0.384 e. The van der Waals surface area contributed by atoms with Crippen LogP contribution in [0.15, 0.2) is 12.1 Å². The van der Waals surface area contributed by atoms with E-state index in [4.69, 9.17) is 5.73 Å². The Balaban J connectivity index is 1.53. The van der Waals surface area contributed by atoms with Gasteiger partial charge in [-0.05, 0) is 37.5 Å². The number of carbonyl (C=O) groups is 1. The van der Waals surface area contributed by atoms with Crippen LogP contribution in [0.4, 0.5) is 15.7 Å². The van der Waals surface area contributed by atoms with Crippen LogP contribution in [0.3, 0.4) is 0 Å². The van der Waals surface area contributed by atoms with Gasteiger partial charge in [0.1, 0.15) is 11.6 Å². The Labute approximate surface area is 126 Å². The molecule has 110 valence electrons. The number of amides is 2. The van der Waals surface area contributed by atoms with E-state index in [1.54, 1.807) is 6.07 Å². The molecule has 0 aliphatic heterocycles. The average Bonchev–Trinajstić information content (AvgIpc) is 3.17. The van der Waals surface area contributed by atoms with Crippen LogP contribution in [0.1, 0.15) is 35.8 Å². The predicted octanol–water partition coefficient (Wildman–Crippen LogP) is 2.02. The predicted molar refractivity (Wildman–Crippen MR) is 81.1 cm³/mol. The first-order valence-corrected chi connectivity index (χ1v) is 7.49. The summed E-state index contributed by atoms with van der Waals surface area (Å²) in [5.74, 6) is 1.78. The Kier molecular flexibility index (Phi) is 3.70. The van der Waals surface area contributed by atoms with Crippen molar-refractivity contribution in [1.29, 1.82) is 0 Å². The molecule has 0 aromatic carbocycles. The lowest BCUT2D eigenvalue weighted by molar-refractivity contribution is 0.251. The van der Waals surface area contributed by atoms with Crippen LogP contribution < -0.4 is 16.4 Å². The van der Waals surface area contributed by atoms with Crippen molar-refractivity contribution in [2.24, 2.45) is 0 Å². The number of aryl methyl sites for hydroxylation is 1. The van der Waals surface area contributed by atoms with Gasteiger partial charge in [-0.15, -0.1) is 0 Å². The lowest BCUT2D eigenvalue weighted by Crippen LogP contribution is -2.28. The third kappa shape index (κ3) is 3.66. The van der Waals surface area contributed by atoms with E-state index in [0.29, 0.717) is 23.4 Å². The zero-order valence-electron chi connectivity index (χ0n) is 11.6. The third-order valence-corrected chi connectivity index (χ3v) is 3.74. The third-order valence-electron chi connectivity index (χ3n) is 3.09. The van der Waals surface area contributed by atoms with Gasteiger partial charge in [0, 0.05) is 29.7 Å². The Hall–Kier alpha value is -2.22. The summed E-state index contributed by atoms with van der Waals surface area (Å²) >= 11 is 1.21. The first kappa shape index (κ1) is 13.7. The second-order valence-electron chi connectivity index (χ2n) is 5.08. The van der Waals surface area contributed by atoms with Gasteiger partial charge in [0.25, 0.3) is 0 Å². The fourth-order valence-corrected chi connectivity index (χ4v) is 2.63. The van der Waals surface area contributed by atoms with Crippen LogP contribution in [-0.2, 0) is 6.54 Å². The number of aromatic nitrogens is 3. The number of nitrogen functional groups attached to an aromatic ring is 1. The molecular formula is C13H16N6OS. The SMILES string of the molecule is Cc1cc(CNC(=O)Nc2nc(C3CC3)ns2)cc(N)n1. The minimum atomic E-state index is -0.304. The topological polar surface area (TPSA) is 106 Å². The Morgan fingerprint density at radius 2 is 2.24 bits per heavy atom. The molecule has 0 spiro atoms. The number of hydrogen-bond acceptors (Lipinski definition) is 6. The fraction of sp³-hybridized carbons (Fsp3) is 0.385. The summed E-state index contributed by atoms with van der Waals surface area (Å²) in [6.45, 7) is 2.24. The molecule has 21 heavy (non-hydrogen) atoms. The first-order valence-electron chi connectivity index (χ1n) is 6.71. The number of hydrogen-bond donors (Lipinski definition) is 3. The highest BCUT2D eigenvalue weighted by Crippen LogP contribution is 2.39. The van der Waals surface area contributed by atoms with Gasteiger partial charge in [-0.1, -0.05) is 0 Å². The highest BCUT2D eigenvalue weighted by atomic mass is 32.1. The van der Waals surface area contributed by atoms with Crippen LogP contribution >= 0.6 is 11.5 Å². The highest BCUT2D eigenvalue weighted by Gasteiger charge is 2.27. The van der Waals surface area contributed by atoms with Crippen molar-refractivity contribution in [2.45, 2.75) is 32.2 Å². The normalized spacial score (nSPS) is 14.0. The molecule has 1 aliphatic carbocycles. The number of rotatable bonds is 4. The Morgan fingerprint density at radius 1 is 1.43 bits per heavy atom. The van der Waals surface area contributed by atoms with E-state index in [2.05, 4.69) is 25.0 Å². The molecule has 8 heteroatoms. The molecule has 2 aromatic heterocycles. The van der Waals surface area contributed by atoms with E-state index in [9.17, 15) is 4.79 Å². The number of pyridine rings is 1. The van der Waals surface area contributed by atoms with Crippen molar-refractivity contribution in [3.05, 3.63) is 29.2 Å². The maximum absolute atomic E-state index is 11.8. The van der Waals surface area contributed by atoms with Crippen LogP contribution in [-0.4, -0.2) is 20.4 Å². The van der Waals surface area contributed by atoms with E-state index in [1.807, 2.05) is 13.0 Å². The molecule has 4 N–H and O–H groups in total. The molecule has 2 amide bonds. The van der Waals surface area contributed by atoms with E-state index >= 15 is 0 Å². The molecular weight excluding hydrogens is 288 g/mol. The summed E-state index contributed by atoms with van der Waals surface area (Å²) in [5.41, 5.74) is 7.40. The highest BCUT2D eigenvalue weighted by molar-refractivity contribution is 7.09. The molecule has 0 radical (unpaired) electrons. The zero-order chi connectivity index (χ0) is 14.8. The standard InChI is InChI=1S/C13H16N6OS/c1-7-4-8(5-10(14)16-7)6-15-12(20)18-13-17-11(19-21-13)9-2-3-9/h4-5,9H,2-3,6H2,1H3,(H2,14,16)(H2,15,17,18,19,20). The van der Waals surface area contributed by atoms with E-state index in [-0.39, 0.29) is 6.03 Å². The molecule has 0 saturated heterocycles. The molecule has 1 saturated carbocycles. The number of anilines is 2. The second kappa shape index (κ2) is 5.65. The molecule has 7 nitrogen and oxygen atoms in total. The quantitative estimate of drug-likeness (QED) is 0.801. The van der Waals surface area contributed by atoms with E-state index < -0.39 is 0 Å². The van der Waals surface area contributed by atoms with Crippen molar-refractivity contribution in [3.63, 3.8) is 0 Å². The molecule has 1 aliphatic rings. The van der Waals surface area contributed by atoms with Crippen molar-refractivity contribution >= 4 is 28.5 Å². The van der Waals surface area contributed by atoms with Crippen molar-refractivity contribution in [3.8, 4) is 0 Å². The summed E-state index contributed by atoms with van der Waals surface area (Å²) < 4.78 is 4.24. The number of carbonyl (C=O) groups excluding carboxylic acids is 1. The van der Waals surface area contributed by atoms with E-state index in [0.717, 1.165) is 29.9 Å². The molecule has 0 bridgehead atoms. The summed E-state index contributed by atoms with van der Waals surface area (Å²) in [7, 11) is 0. The zero-order valence-corrected chi connectivity index (χ0v) is 12.4. The van der Waals surface area contributed by atoms with Crippen LogP contribution in [0, 0.1) is 6.92 Å². The minimum absolute atomic E-state index is 0.304. The van der Waals surface area contributed by atoms with Crippen LogP contribution in [0.5, 0.6) is 0 Å². The van der Waals surface area contributed by atoms with Gasteiger partial charge in [0.2, 0.25) is 5.13 Å². The molecule has 2 heterocycles. The summed E-state index contributed by atoms with van der Waals surface area (Å²) in [6.07, 6.45) is 2.29. The minimum Gasteiger partial charge on any atom is -0.384 e. The monoisotopic (exact) mass is 304 g/mol.